The molecule has 1 fully saturated rings. The van der Waals surface area contributed by atoms with Crippen molar-refractivity contribution >= 4 is 0 Å². The number of hydrogen-bond donors (Lipinski definition) is 0. The molecule has 0 radical (unpaired) electrons. The summed E-state index contributed by atoms with van der Waals surface area (Å²) in [6.45, 7) is 3.60. The minimum Gasteiger partial charge on any atom is -0.497 e. The van der Waals surface area contributed by atoms with Crippen molar-refractivity contribution in [3.63, 3.8) is 0 Å². The van der Waals surface area contributed by atoms with E-state index in [0.717, 1.165) is 30.7 Å². The topological polar surface area (TPSA) is 12.5 Å². The summed E-state index contributed by atoms with van der Waals surface area (Å²) in [5, 5.41) is 0. The highest BCUT2D eigenvalue weighted by molar-refractivity contribution is 5.43. The van der Waals surface area contributed by atoms with Crippen LogP contribution in [0.4, 0.5) is 4.39 Å². The number of hydrogen-bond acceptors (Lipinski definition) is 2. The minimum atomic E-state index is -0.143. The molecule has 24 heavy (non-hydrogen) atoms. The Bertz CT molecular complexity index is 726. The van der Waals surface area contributed by atoms with E-state index in [1.165, 1.54) is 36.7 Å². The van der Waals surface area contributed by atoms with Gasteiger partial charge < -0.3 is 9.64 Å². The molecule has 1 aliphatic heterocycles. The Morgan fingerprint density at radius 3 is 2.75 bits per heavy atom. The predicted molar refractivity (Wildman–Crippen MR) is 94.1 cm³/mol. The Morgan fingerprint density at radius 2 is 2.04 bits per heavy atom. The van der Waals surface area contributed by atoms with E-state index in [4.69, 9.17) is 4.74 Å². The van der Waals surface area contributed by atoms with Crippen LogP contribution in [0.2, 0.25) is 0 Å². The maximum atomic E-state index is 13.6. The van der Waals surface area contributed by atoms with Gasteiger partial charge in [0.05, 0.1) is 7.11 Å². The van der Waals surface area contributed by atoms with Crippen LogP contribution >= 0.6 is 0 Å². The van der Waals surface area contributed by atoms with Crippen molar-refractivity contribution in [1.82, 2.24) is 4.90 Å². The zero-order valence-corrected chi connectivity index (χ0v) is 14.2. The van der Waals surface area contributed by atoms with Gasteiger partial charge in [-0.15, -0.1) is 0 Å². The number of likely N-dealkylation sites (tertiary alicyclic amines) is 1. The molecule has 0 amide bonds. The summed E-state index contributed by atoms with van der Waals surface area (Å²) in [5.41, 5.74) is 3.91. The number of halogens is 1. The molecule has 0 saturated carbocycles. The minimum absolute atomic E-state index is 0.143. The molecule has 126 valence electrons. The molecule has 2 atom stereocenters. The van der Waals surface area contributed by atoms with Crippen LogP contribution in [0.3, 0.4) is 0 Å². The highest BCUT2D eigenvalue weighted by Crippen LogP contribution is 2.42. The van der Waals surface area contributed by atoms with Crippen LogP contribution in [0.25, 0.3) is 0 Å². The standard InChI is InChI=1S/C21H24FNO/c1-24-19-7-6-16-12-17(14-23-8-3-9-23)20(21(16)13-19)11-15-4-2-5-18(22)10-15/h2,4-7,10,13,17,20H,3,8-9,11-12,14H2,1H3. The Balaban J connectivity index is 1.62. The molecular formula is C21H24FNO. The fourth-order valence-electron chi connectivity index (χ4n) is 4.19. The van der Waals surface area contributed by atoms with Crippen LogP contribution in [-0.4, -0.2) is 31.6 Å². The van der Waals surface area contributed by atoms with Crippen LogP contribution < -0.4 is 4.74 Å². The normalized spacial score (nSPS) is 22.9. The lowest BCUT2D eigenvalue weighted by Crippen LogP contribution is -2.41. The van der Waals surface area contributed by atoms with E-state index < -0.39 is 0 Å². The second-order valence-electron chi connectivity index (χ2n) is 7.12. The van der Waals surface area contributed by atoms with Crippen molar-refractivity contribution in [3.8, 4) is 5.75 Å². The third-order valence-corrected chi connectivity index (χ3v) is 5.59. The van der Waals surface area contributed by atoms with E-state index in [9.17, 15) is 4.39 Å². The number of nitrogens with zero attached hydrogens (tertiary/aromatic N) is 1. The quantitative estimate of drug-likeness (QED) is 0.823. The van der Waals surface area contributed by atoms with E-state index in [1.54, 1.807) is 13.2 Å². The van der Waals surface area contributed by atoms with E-state index in [0.29, 0.717) is 11.8 Å². The molecule has 0 aromatic heterocycles. The van der Waals surface area contributed by atoms with Gasteiger partial charge >= 0.3 is 0 Å². The highest BCUT2D eigenvalue weighted by atomic mass is 19.1. The third-order valence-electron chi connectivity index (χ3n) is 5.59. The molecule has 2 aliphatic rings. The van der Waals surface area contributed by atoms with Crippen molar-refractivity contribution in [3.05, 3.63) is 65.0 Å². The van der Waals surface area contributed by atoms with Gasteiger partial charge in [-0.1, -0.05) is 18.2 Å². The number of fused-ring (bicyclic) bond motifs is 1. The van der Waals surface area contributed by atoms with Gasteiger partial charge in [-0.2, -0.15) is 0 Å². The van der Waals surface area contributed by atoms with Crippen LogP contribution in [0.15, 0.2) is 42.5 Å². The maximum Gasteiger partial charge on any atom is 0.123 e. The molecule has 3 heteroatoms. The average Bonchev–Trinajstić information content (AvgIpc) is 2.88. The first kappa shape index (κ1) is 15.6. The van der Waals surface area contributed by atoms with Crippen molar-refractivity contribution in [1.29, 1.82) is 0 Å². The molecule has 2 nitrogen and oxygen atoms in total. The van der Waals surface area contributed by atoms with Gasteiger partial charge in [-0.3, -0.25) is 0 Å². The number of methoxy groups -OCH3 is 1. The Morgan fingerprint density at radius 1 is 1.17 bits per heavy atom. The molecule has 2 aromatic carbocycles. The van der Waals surface area contributed by atoms with Crippen molar-refractivity contribution in [2.24, 2.45) is 5.92 Å². The first-order valence-electron chi connectivity index (χ1n) is 8.86. The second kappa shape index (κ2) is 6.56. The second-order valence-corrected chi connectivity index (χ2v) is 7.12. The van der Waals surface area contributed by atoms with Gasteiger partial charge in [0.25, 0.3) is 0 Å². The van der Waals surface area contributed by atoms with E-state index in [2.05, 4.69) is 23.1 Å². The summed E-state index contributed by atoms with van der Waals surface area (Å²) in [6.07, 6.45) is 3.34. The van der Waals surface area contributed by atoms with E-state index in [1.807, 2.05) is 12.1 Å². The van der Waals surface area contributed by atoms with Crippen LogP contribution in [0, 0.1) is 11.7 Å². The molecule has 1 saturated heterocycles. The SMILES string of the molecule is COc1ccc2c(c1)C(Cc1cccc(F)c1)C(CN1CCC1)C2. The highest BCUT2D eigenvalue weighted by Gasteiger charge is 2.34. The average molecular weight is 325 g/mol. The molecule has 1 aliphatic carbocycles. The summed E-state index contributed by atoms with van der Waals surface area (Å²) in [7, 11) is 1.72. The summed E-state index contributed by atoms with van der Waals surface area (Å²) >= 11 is 0. The molecule has 1 heterocycles. The number of ether oxygens (including phenoxy) is 1. The summed E-state index contributed by atoms with van der Waals surface area (Å²) in [4.78, 5) is 2.55. The lowest BCUT2D eigenvalue weighted by molar-refractivity contribution is 0.145. The van der Waals surface area contributed by atoms with E-state index >= 15 is 0 Å². The summed E-state index contributed by atoms with van der Waals surface area (Å²) in [6, 6.07) is 13.5. The Labute approximate surface area is 143 Å². The van der Waals surface area contributed by atoms with Crippen molar-refractivity contribution in [2.45, 2.75) is 25.2 Å². The fourth-order valence-corrected chi connectivity index (χ4v) is 4.19. The first-order valence-corrected chi connectivity index (χ1v) is 8.86. The lowest BCUT2D eigenvalue weighted by Gasteiger charge is -2.35. The molecule has 0 bridgehead atoms. The predicted octanol–water partition coefficient (Wildman–Crippen LogP) is 4.04. The molecule has 2 aromatic rings. The largest absolute Gasteiger partial charge is 0.497 e. The summed E-state index contributed by atoms with van der Waals surface area (Å²) in [5.74, 6) is 1.83. The van der Waals surface area contributed by atoms with Gasteiger partial charge in [-0.25, -0.2) is 4.39 Å². The van der Waals surface area contributed by atoms with Crippen molar-refractivity contribution < 1.29 is 9.13 Å². The van der Waals surface area contributed by atoms with Crippen LogP contribution in [0.1, 0.15) is 29.0 Å². The smallest absolute Gasteiger partial charge is 0.123 e. The molecule has 0 N–H and O–H groups in total. The van der Waals surface area contributed by atoms with Gasteiger partial charge in [-0.05, 0) is 85.1 Å². The number of benzene rings is 2. The van der Waals surface area contributed by atoms with Gasteiger partial charge in [0.15, 0.2) is 0 Å². The van der Waals surface area contributed by atoms with Gasteiger partial charge in [0.2, 0.25) is 0 Å². The molecule has 4 rings (SSSR count). The van der Waals surface area contributed by atoms with E-state index in [-0.39, 0.29) is 5.82 Å². The Hall–Kier alpha value is -1.87. The van der Waals surface area contributed by atoms with Crippen LogP contribution in [-0.2, 0) is 12.8 Å². The zero-order valence-electron chi connectivity index (χ0n) is 14.2. The fraction of sp³-hybridized carbons (Fsp3) is 0.429. The molecule has 2 unspecified atom stereocenters. The third kappa shape index (κ3) is 3.05. The number of rotatable bonds is 5. The molecular weight excluding hydrogens is 301 g/mol. The van der Waals surface area contributed by atoms with Crippen LogP contribution in [0.5, 0.6) is 5.75 Å². The first-order chi connectivity index (χ1) is 11.7. The van der Waals surface area contributed by atoms with Crippen molar-refractivity contribution in [2.75, 3.05) is 26.7 Å². The maximum absolute atomic E-state index is 13.6. The van der Waals surface area contributed by atoms with Gasteiger partial charge in [0, 0.05) is 6.54 Å². The Kier molecular flexibility index (Phi) is 4.28. The van der Waals surface area contributed by atoms with Gasteiger partial charge in [0.1, 0.15) is 11.6 Å². The zero-order chi connectivity index (χ0) is 16.5. The monoisotopic (exact) mass is 325 g/mol. The lowest BCUT2D eigenvalue weighted by atomic mass is 9.86. The summed E-state index contributed by atoms with van der Waals surface area (Å²) < 4.78 is 19.0. The molecule has 0 spiro atoms.